The van der Waals surface area contributed by atoms with Gasteiger partial charge < -0.3 is 4.74 Å². The van der Waals surface area contributed by atoms with Crippen molar-refractivity contribution in [2.24, 2.45) is 0 Å². The molecule has 2 aromatic carbocycles. The molecule has 0 aliphatic heterocycles. The van der Waals surface area contributed by atoms with Crippen LogP contribution in [0.1, 0.15) is 31.2 Å². The first-order valence-corrected chi connectivity index (χ1v) is 6.23. The summed E-state index contributed by atoms with van der Waals surface area (Å²) in [5, 5.41) is 11.2. The highest BCUT2D eigenvalue weighted by Crippen LogP contribution is 2.28. The number of hydrogen-bond donors (Lipinski definition) is 0. The Balaban J connectivity index is 2.41. The zero-order chi connectivity index (χ0) is 13.0. The number of rotatable bonds is 4. The number of nitriles is 1. The van der Waals surface area contributed by atoms with Gasteiger partial charge in [0.15, 0.2) is 0 Å². The highest BCUT2D eigenvalue weighted by Gasteiger charge is 2.09. The second-order valence-electron chi connectivity index (χ2n) is 4.44. The van der Waals surface area contributed by atoms with Crippen LogP contribution in [0.3, 0.4) is 0 Å². The van der Waals surface area contributed by atoms with Crippen LogP contribution in [0.5, 0.6) is 5.75 Å². The maximum absolute atomic E-state index is 8.84. The maximum atomic E-state index is 8.84. The fourth-order valence-corrected chi connectivity index (χ4v) is 2.23. The first-order chi connectivity index (χ1) is 8.78. The number of benzene rings is 2. The molecular formula is C16H17NO. The summed E-state index contributed by atoms with van der Waals surface area (Å²) in [5.74, 6) is 1.21. The molecule has 18 heavy (non-hydrogen) atoms. The Morgan fingerprint density at radius 3 is 2.56 bits per heavy atom. The lowest BCUT2D eigenvalue weighted by atomic mass is 9.92. The van der Waals surface area contributed by atoms with E-state index in [0.29, 0.717) is 12.3 Å². The Kier molecular flexibility index (Phi) is 3.84. The molecule has 0 aliphatic rings. The van der Waals surface area contributed by atoms with Gasteiger partial charge in [-0.1, -0.05) is 31.2 Å². The van der Waals surface area contributed by atoms with Gasteiger partial charge in [-0.25, -0.2) is 0 Å². The van der Waals surface area contributed by atoms with Crippen molar-refractivity contribution in [2.75, 3.05) is 7.11 Å². The van der Waals surface area contributed by atoms with Gasteiger partial charge in [0.2, 0.25) is 0 Å². The average Bonchev–Trinajstić information content (AvgIpc) is 2.43. The van der Waals surface area contributed by atoms with Gasteiger partial charge in [-0.05, 0) is 40.8 Å². The quantitative estimate of drug-likeness (QED) is 0.798. The van der Waals surface area contributed by atoms with Gasteiger partial charge in [-0.2, -0.15) is 5.26 Å². The van der Waals surface area contributed by atoms with Crippen LogP contribution in [0.4, 0.5) is 0 Å². The zero-order valence-electron chi connectivity index (χ0n) is 10.8. The minimum absolute atomic E-state index is 0.335. The molecule has 0 fully saturated rings. The fraction of sp³-hybridized carbons (Fsp3) is 0.312. The SMILES string of the molecule is CC[C@@H](CC#N)c1ccc2cc(OC)ccc2c1. The molecule has 92 valence electrons. The molecule has 2 heteroatoms. The third kappa shape index (κ3) is 2.46. The van der Waals surface area contributed by atoms with E-state index in [1.807, 2.05) is 12.1 Å². The molecule has 0 saturated carbocycles. The van der Waals surface area contributed by atoms with E-state index in [1.54, 1.807) is 7.11 Å². The first kappa shape index (κ1) is 12.4. The van der Waals surface area contributed by atoms with E-state index < -0.39 is 0 Å². The van der Waals surface area contributed by atoms with Gasteiger partial charge in [0, 0.05) is 6.42 Å². The maximum Gasteiger partial charge on any atom is 0.119 e. The monoisotopic (exact) mass is 239 g/mol. The summed E-state index contributed by atoms with van der Waals surface area (Å²) in [7, 11) is 1.68. The van der Waals surface area contributed by atoms with Crippen molar-refractivity contribution in [3.05, 3.63) is 42.0 Å². The van der Waals surface area contributed by atoms with Crippen LogP contribution in [0.15, 0.2) is 36.4 Å². The fourth-order valence-electron chi connectivity index (χ4n) is 2.23. The lowest BCUT2D eigenvalue weighted by Crippen LogP contribution is -1.96. The van der Waals surface area contributed by atoms with Crippen LogP contribution in [-0.4, -0.2) is 7.11 Å². The summed E-state index contributed by atoms with van der Waals surface area (Å²) in [6.07, 6.45) is 1.58. The van der Waals surface area contributed by atoms with Crippen molar-refractivity contribution in [1.29, 1.82) is 5.26 Å². The lowest BCUT2D eigenvalue weighted by Gasteiger charge is -2.12. The number of methoxy groups -OCH3 is 1. The van der Waals surface area contributed by atoms with Gasteiger partial charge in [0.25, 0.3) is 0 Å². The Morgan fingerprint density at radius 2 is 1.89 bits per heavy atom. The molecule has 0 aromatic heterocycles. The van der Waals surface area contributed by atoms with Crippen molar-refractivity contribution in [2.45, 2.75) is 25.7 Å². The smallest absolute Gasteiger partial charge is 0.119 e. The van der Waals surface area contributed by atoms with Crippen molar-refractivity contribution in [3.63, 3.8) is 0 Å². The Labute approximate surface area is 108 Å². The molecule has 0 radical (unpaired) electrons. The number of hydrogen-bond acceptors (Lipinski definition) is 2. The van der Waals surface area contributed by atoms with E-state index in [0.717, 1.165) is 12.2 Å². The van der Waals surface area contributed by atoms with Crippen LogP contribution < -0.4 is 4.74 Å². The van der Waals surface area contributed by atoms with Crippen LogP contribution >= 0.6 is 0 Å². The molecule has 0 saturated heterocycles. The molecule has 2 rings (SSSR count). The average molecular weight is 239 g/mol. The normalized spacial score (nSPS) is 12.1. The minimum Gasteiger partial charge on any atom is -0.497 e. The number of nitrogens with zero attached hydrogens (tertiary/aromatic N) is 1. The molecule has 0 aliphatic carbocycles. The van der Waals surface area contributed by atoms with Gasteiger partial charge >= 0.3 is 0 Å². The number of fused-ring (bicyclic) bond motifs is 1. The topological polar surface area (TPSA) is 33.0 Å². The molecule has 2 aromatic rings. The standard InChI is InChI=1S/C16H17NO/c1-3-12(8-9-17)13-4-5-15-11-16(18-2)7-6-14(15)10-13/h4-7,10-12H,3,8H2,1-2H3/t12-/m0/s1. The summed E-state index contributed by atoms with van der Waals surface area (Å²) in [6.45, 7) is 2.13. The van der Waals surface area contributed by atoms with E-state index in [-0.39, 0.29) is 0 Å². The Bertz CT molecular complexity index is 583. The van der Waals surface area contributed by atoms with Gasteiger partial charge in [0.1, 0.15) is 5.75 Å². The highest BCUT2D eigenvalue weighted by atomic mass is 16.5. The Hall–Kier alpha value is -2.01. The van der Waals surface area contributed by atoms with Gasteiger partial charge in [0.05, 0.1) is 13.2 Å². The molecule has 0 amide bonds. The third-order valence-corrected chi connectivity index (χ3v) is 3.37. The second kappa shape index (κ2) is 5.55. The predicted octanol–water partition coefficient (Wildman–Crippen LogP) is 4.26. The van der Waals surface area contributed by atoms with Crippen molar-refractivity contribution in [1.82, 2.24) is 0 Å². The molecule has 0 spiro atoms. The van der Waals surface area contributed by atoms with Crippen LogP contribution in [0, 0.1) is 11.3 Å². The second-order valence-corrected chi connectivity index (χ2v) is 4.44. The predicted molar refractivity (Wildman–Crippen MR) is 73.8 cm³/mol. The largest absolute Gasteiger partial charge is 0.497 e. The van der Waals surface area contributed by atoms with Crippen LogP contribution in [0.25, 0.3) is 10.8 Å². The molecule has 0 heterocycles. The van der Waals surface area contributed by atoms with E-state index in [2.05, 4.69) is 37.3 Å². The minimum atomic E-state index is 0.335. The van der Waals surface area contributed by atoms with Crippen molar-refractivity contribution in [3.8, 4) is 11.8 Å². The van der Waals surface area contributed by atoms with E-state index >= 15 is 0 Å². The van der Waals surface area contributed by atoms with Crippen LogP contribution in [0.2, 0.25) is 0 Å². The summed E-state index contributed by atoms with van der Waals surface area (Å²) >= 11 is 0. The third-order valence-electron chi connectivity index (χ3n) is 3.37. The van der Waals surface area contributed by atoms with Crippen molar-refractivity contribution < 1.29 is 4.74 Å². The molecular weight excluding hydrogens is 222 g/mol. The molecule has 0 bridgehead atoms. The first-order valence-electron chi connectivity index (χ1n) is 6.23. The molecule has 0 unspecified atom stereocenters. The summed E-state index contributed by atoms with van der Waals surface area (Å²) < 4.78 is 5.22. The summed E-state index contributed by atoms with van der Waals surface area (Å²) in [5.41, 5.74) is 1.25. The van der Waals surface area contributed by atoms with Gasteiger partial charge in [-0.3, -0.25) is 0 Å². The summed E-state index contributed by atoms with van der Waals surface area (Å²) in [4.78, 5) is 0. The van der Waals surface area contributed by atoms with E-state index in [1.165, 1.54) is 16.3 Å². The summed E-state index contributed by atoms with van der Waals surface area (Å²) in [6, 6.07) is 14.7. The Morgan fingerprint density at radius 1 is 1.17 bits per heavy atom. The molecule has 0 N–H and O–H groups in total. The van der Waals surface area contributed by atoms with E-state index in [9.17, 15) is 0 Å². The zero-order valence-corrected chi connectivity index (χ0v) is 10.8. The molecule has 2 nitrogen and oxygen atoms in total. The molecule has 1 atom stereocenters. The van der Waals surface area contributed by atoms with Gasteiger partial charge in [-0.15, -0.1) is 0 Å². The number of ether oxygens (including phenoxy) is 1. The van der Waals surface area contributed by atoms with E-state index in [4.69, 9.17) is 10.00 Å². The highest BCUT2D eigenvalue weighted by molar-refractivity contribution is 5.84. The van der Waals surface area contributed by atoms with Crippen LogP contribution in [-0.2, 0) is 0 Å². The van der Waals surface area contributed by atoms with Crippen molar-refractivity contribution >= 4 is 10.8 Å². The lowest BCUT2D eigenvalue weighted by molar-refractivity contribution is 0.415.